The molecule has 0 aliphatic rings. The molecule has 0 bridgehead atoms. The number of carbonyl (C=O) groups excluding carboxylic acids is 1. The van der Waals surface area contributed by atoms with E-state index in [4.69, 9.17) is 4.74 Å². The van der Waals surface area contributed by atoms with Gasteiger partial charge in [0.25, 0.3) is 0 Å². The van der Waals surface area contributed by atoms with Crippen LogP contribution in [0.2, 0.25) is 0 Å². The van der Waals surface area contributed by atoms with E-state index in [0.717, 1.165) is 35.7 Å². The molecule has 2 atom stereocenters. The van der Waals surface area contributed by atoms with Gasteiger partial charge in [-0.2, -0.15) is 0 Å². The molecule has 0 radical (unpaired) electrons. The topological polar surface area (TPSA) is 26.3 Å². The van der Waals surface area contributed by atoms with E-state index in [9.17, 15) is 4.79 Å². The molecular formula is C27H39O2P. The highest BCUT2D eigenvalue weighted by atomic mass is 31.1. The molecule has 0 saturated heterocycles. The van der Waals surface area contributed by atoms with Gasteiger partial charge in [0, 0.05) is 16.3 Å². The highest BCUT2D eigenvalue weighted by molar-refractivity contribution is 7.48. The molecule has 0 N–H and O–H groups in total. The Morgan fingerprint density at radius 1 is 1.07 bits per heavy atom. The summed E-state index contributed by atoms with van der Waals surface area (Å²) in [6, 6.07) is 12.7. The third-order valence-electron chi connectivity index (χ3n) is 6.13. The second-order valence-electron chi connectivity index (χ2n) is 9.35. The van der Waals surface area contributed by atoms with Crippen molar-refractivity contribution < 1.29 is 9.53 Å². The van der Waals surface area contributed by atoms with Crippen LogP contribution in [-0.4, -0.2) is 13.4 Å². The van der Waals surface area contributed by atoms with E-state index in [1.54, 1.807) is 7.11 Å². The van der Waals surface area contributed by atoms with Gasteiger partial charge in [-0.3, -0.25) is 4.79 Å². The molecule has 30 heavy (non-hydrogen) atoms. The molecule has 0 saturated carbocycles. The Hall–Kier alpha value is -1.66. The maximum atomic E-state index is 11.7. The van der Waals surface area contributed by atoms with Crippen molar-refractivity contribution in [3.8, 4) is 5.75 Å². The van der Waals surface area contributed by atoms with Gasteiger partial charge < -0.3 is 4.74 Å². The lowest BCUT2D eigenvalue weighted by Gasteiger charge is -2.37. The Morgan fingerprint density at radius 2 is 1.77 bits per heavy atom. The third kappa shape index (κ3) is 5.52. The van der Waals surface area contributed by atoms with Crippen LogP contribution in [0.5, 0.6) is 5.75 Å². The van der Waals surface area contributed by atoms with E-state index < -0.39 is 0 Å². The summed E-state index contributed by atoms with van der Waals surface area (Å²) in [5, 5.41) is 1.12. The highest BCUT2D eigenvalue weighted by Crippen LogP contribution is 2.52. The first-order valence-electron chi connectivity index (χ1n) is 11.2. The molecular weight excluding hydrogens is 387 g/mol. The van der Waals surface area contributed by atoms with Gasteiger partial charge in [-0.05, 0) is 41.6 Å². The van der Waals surface area contributed by atoms with Gasteiger partial charge in [-0.25, -0.2) is 0 Å². The van der Waals surface area contributed by atoms with E-state index in [1.807, 2.05) is 12.1 Å². The van der Waals surface area contributed by atoms with Crippen LogP contribution in [-0.2, 0) is 10.6 Å². The maximum absolute atomic E-state index is 11.7. The molecule has 0 spiro atoms. The molecule has 0 aromatic heterocycles. The lowest BCUT2D eigenvalue weighted by Crippen LogP contribution is -2.26. The van der Waals surface area contributed by atoms with Crippen LogP contribution in [0.15, 0.2) is 36.4 Å². The molecule has 2 nitrogen and oxygen atoms in total. The van der Waals surface area contributed by atoms with Crippen LogP contribution in [0.4, 0.5) is 0 Å². The van der Waals surface area contributed by atoms with Crippen molar-refractivity contribution in [2.24, 2.45) is 0 Å². The summed E-state index contributed by atoms with van der Waals surface area (Å²) >= 11 is 0. The number of ether oxygens (including phenoxy) is 1. The van der Waals surface area contributed by atoms with Gasteiger partial charge in [0.2, 0.25) is 0 Å². The molecule has 0 aliphatic carbocycles. The van der Waals surface area contributed by atoms with Crippen molar-refractivity contribution in [3.05, 3.63) is 58.7 Å². The maximum Gasteiger partial charge on any atom is 0.150 e. The largest absolute Gasteiger partial charge is 0.496 e. The van der Waals surface area contributed by atoms with E-state index in [1.165, 1.54) is 36.0 Å². The number of hydrogen-bond acceptors (Lipinski definition) is 2. The Kier molecular flexibility index (Phi) is 8.68. The van der Waals surface area contributed by atoms with Crippen LogP contribution in [0.1, 0.15) is 93.8 Å². The van der Waals surface area contributed by atoms with E-state index in [-0.39, 0.29) is 10.6 Å². The normalized spacial score (nSPS) is 14.1. The minimum atomic E-state index is -0.0361. The lowest BCUT2D eigenvalue weighted by atomic mass is 9.80. The SMILES string of the molecule is CCCCCC(CC)(Pc1ccccc1C=O)c1cc(C(C)(C)C)cc(C)c1OC. The molecule has 0 amide bonds. The second kappa shape index (κ2) is 10.6. The van der Waals surface area contributed by atoms with E-state index >= 15 is 0 Å². The fraction of sp³-hybridized carbons (Fsp3) is 0.519. The smallest absolute Gasteiger partial charge is 0.150 e. The minimum Gasteiger partial charge on any atom is -0.496 e. The molecule has 2 unspecified atom stereocenters. The second-order valence-corrected chi connectivity index (χ2v) is 11.1. The number of aryl methyl sites for hydroxylation is 1. The molecule has 0 heterocycles. The molecule has 0 aliphatic heterocycles. The quantitative estimate of drug-likeness (QED) is 0.226. The van der Waals surface area contributed by atoms with Gasteiger partial charge in [-0.1, -0.05) is 98.9 Å². The first-order chi connectivity index (χ1) is 14.2. The van der Waals surface area contributed by atoms with Crippen molar-refractivity contribution in [2.45, 2.75) is 84.2 Å². The van der Waals surface area contributed by atoms with Crippen LogP contribution < -0.4 is 10.0 Å². The Labute approximate surface area is 185 Å². The standard InChI is InChI=1S/C27H39O2P/c1-8-10-13-16-27(9-2,30-24-15-12-11-14-21(24)19-28)23-18-22(26(4,5)6)17-20(3)25(23)29-7/h11-12,14-15,17-19,30H,8-10,13,16H2,1-7H3. The fourth-order valence-electron chi connectivity index (χ4n) is 4.20. The average molecular weight is 427 g/mol. The average Bonchev–Trinajstić information content (AvgIpc) is 2.72. The number of rotatable bonds is 10. The number of aldehydes is 1. The number of methoxy groups -OCH3 is 1. The molecule has 0 fully saturated rings. The lowest BCUT2D eigenvalue weighted by molar-refractivity contribution is 0.112. The number of unbranched alkanes of at least 4 members (excludes halogenated alkanes) is 2. The molecule has 2 rings (SSSR count). The molecule has 164 valence electrons. The van der Waals surface area contributed by atoms with Gasteiger partial charge in [0.1, 0.15) is 5.75 Å². The molecule has 2 aromatic carbocycles. The Morgan fingerprint density at radius 3 is 2.33 bits per heavy atom. The third-order valence-corrected chi connectivity index (χ3v) is 8.21. The van der Waals surface area contributed by atoms with Crippen molar-refractivity contribution in [3.63, 3.8) is 0 Å². The summed E-state index contributed by atoms with van der Waals surface area (Å²) in [6.07, 6.45) is 6.73. The highest BCUT2D eigenvalue weighted by Gasteiger charge is 2.35. The summed E-state index contributed by atoms with van der Waals surface area (Å²) in [4.78, 5) is 11.7. The number of hydrogen-bond donors (Lipinski definition) is 0. The van der Waals surface area contributed by atoms with Crippen LogP contribution in [0.3, 0.4) is 0 Å². The first-order valence-corrected chi connectivity index (χ1v) is 12.2. The van der Waals surface area contributed by atoms with Crippen LogP contribution in [0.25, 0.3) is 0 Å². The van der Waals surface area contributed by atoms with Crippen molar-refractivity contribution >= 4 is 20.2 Å². The zero-order chi connectivity index (χ0) is 22.4. The van der Waals surface area contributed by atoms with Crippen molar-refractivity contribution in [2.75, 3.05) is 7.11 Å². The summed E-state index contributed by atoms with van der Waals surface area (Å²) < 4.78 is 5.99. The Balaban J connectivity index is 2.72. The predicted octanol–water partition coefficient (Wildman–Crippen LogP) is 7.30. The zero-order valence-corrected chi connectivity index (χ0v) is 20.9. The van der Waals surface area contributed by atoms with Crippen LogP contribution in [0, 0.1) is 6.92 Å². The predicted molar refractivity (Wildman–Crippen MR) is 132 cm³/mol. The fourth-order valence-corrected chi connectivity index (χ4v) is 5.98. The van der Waals surface area contributed by atoms with Crippen molar-refractivity contribution in [1.82, 2.24) is 0 Å². The summed E-state index contributed by atoms with van der Waals surface area (Å²) in [7, 11) is 2.31. The van der Waals surface area contributed by atoms with E-state index in [0.29, 0.717) is 8.58 Å². The Bertz CT molecular complexity index is 850. The minimum absolute atomic E-state index is 0.0361. The first kappa shape index (κ1) is 24.6. The van der Waals surface area contributed by atoms with Gasteiger partial charge >= 0.3 is 0 Å². The number of carbonyl (C=O) groups is 1. The molecule has 3 heteroatoms. The van der Waals surface area contributed by atoms with E-state index in [2.05, 4.69) is 65.8 Å². The monoisotopic (exact) mass is 426 g/mol. The van der Waals surface area contributed by atoms with Gasteiger partial charge in [-0.15, -0.1) is 0 Å². The summed E-state index contributed by atoms with van der Waals surface area (Å²) in [6.45, 7) is 13.5. The van der Waals surface area contributed by atoms with Gasteiger partial charge in [0.05, 0.1) is 7.11 Å². The van der Waals surface area contributed by atoms with Crippen molar-refractivity contribution in [1.29, 1.82) is 0 Å². The number of benzene rings is 2. The molecule has 2 aromatic rings. The summed E-state index contributed by atoms with van der Waals surface area (Å²) in [5.74, 6) is 1.01. The zero-order valence-electron chi connectivity index (χ0n) is 19.9. The summed E-state index contributed by atoms with van der Waals surface area (Å²) in [5.41, 5.74) is 4.73. The van der Waals surface area contributed by atoms with Crippen LogP contribution >= 0.6 is 8.58 Å². The van der Waals surface area contributed by atoms with Gasteiger partial charge in [0.15, 0.2) is 6.29 Å².